The highest BCUT2D eigenvalue weighted by Gasteiger charge is 2.22. The van der Waals surface area contributed by atoms with Gasteiger partial charge >= 0.3 is 0 Å². The monoisotopic (exact) mass is 329 g/mol. The molecule has 1 aromatic carbocycles. The summed E-state index contributed by atoms with van der Waals surface area (Å²) < 4.78 is 3.70. The molecule has 0 spiro atoms. The van der Waals surface area contributed by atoms with Gasteiger partial charge in [-0.15, -0.1) is 15.3 Å². The fourth-order valence-electron chi connectivity index (χ4n) is 2.88. The molecule has 0 aliphatic carbocycles. The molecule has 0 atom stereocenters. The number of nitrogens with two attached hydrogens (primary N) is 1. The van der Waals surface area contributed by atoms with E-state index < -0.39 is 0 Å². The van der Waals surface area contributed by atoms with Crippen molar-refractivity contribution in [2.45, 2.75) is 32.2 Å². The van der Waals surface area contributed by atoms with Gasteiger partial charge in [0, 0.05) is 18.0 Å². The number of fused-ring (bicyclic) bond motifs is 1. The number of aryl methyl sites for hydroxylation is 1. The molecule has 0 bridgehead atoms. The smallest absolute Gasteiger partial charge is 0.188 e. The Bertz CT molecular complexity index is 834. The molecule has 0 saturated heterocycles. The van der Waals surface area contributed by atoms with Gasteiger partial charge in [-0.3, -0.25) is 0 Å². The lowest BCUT2D eigenvalue weighted by atomic mass is 10.2. The van der Waals surface area contributed by atoms with E-state index in [1.165, 1.54) is 6.42 Å². The first-order valence-corrected chi connectivity index (χ1v) is 8.01. The molecule has 0 unspecified atom stereocenters. The van der Waals surface area contributed by atoms with E-state index in [2.05, 4.69) is 25.1 Å². The summed E-state index contributed by atoms with van der Waals surface area (Å²) in [6.45, 7) is 0.894. The van der Waals surface area contributed by atoms with E-state index >= 15 is 0 Å². The van der Waals surface area contributed by atoms with Gasteiger partial charge in [0.25, 0.3) is 0 Å². The summed E-state index contributed by atoms with van der Waals surface area (Å²) in [5.74, 6) is 2.14. The zero-order valence-electron chi connectivity index (χ0n) is 12.5. The SMILES string of the molecule is Nc1c(-c2nnc3n2CCCCC3)nnn1-c1ccc(Cl)cc1. The Hall–Kier alpha value is -2.41. The highest BCUT2D eigenvalue weighted by Crippen LogP contribution is 2.27. The topological polar surface area (TPSA) is 87.4 Å². The number of hydrogen-bond acceptors (Lipinski definition) is 5. The van der Waals surface area contributed by atoms with Gasteiger partial charge in [0.1, 0.15) is 5.82 Å². The Balaban J connectivity index is 1.77. The molecule has 3 aromatic rings. The van der Waals surface area contributed by atoms with Crippen LogP contribution >= 0.6 is 11.6 Å². The predicted molar refractivity (Wildman–Crippen MR) is 87.4 cm³/mol. The number of halogens is 1. The summed E-state index contributed by atoms with van der Waals surface area (Å²) >= 11 is 5.92. The number of aromatic nitrogens is 6. The summed E-state index contributed by atoms with van der Waals surface area (Å²) in [5.41, 5.74) is 7.64. The van der Waals surface area contributed by atoms with Gasteiger partial charge in [-0.25, -0.2) is 0 Å². The van der Waals surface area contributed by atoms with Crippen molar-refractivity contribution < 1.29 is 0 Å². The molecule has 1 aliphatic rings. The summed E-state index contributed by atoms with van der Waals surface area (Å²) in [7, 11) is 0. The van der Waals surface area contributed by atoms with Crippen LogP contribution in [-0.2, 0) is 13.0 Å². The van der Waals surface area contributed by atoms with Gasteiger partial charge in [0.05, 0.1) is 5.69 Å². The molecule has 1 aliphatic heterocycles. The number of benzene rings is 1. The van der Waals surface area contributed by atoms with Crippen LogP contribution in [0.5, 0.6) is 0 Å². The second-order valence-corrected chi connectivity index (χ2v) is 6.05. The lowest BCUT2D eigenvalue weighted by molar-refractivity contribution is 0.636. The average Bonchev–Trinajstić information content (AvgIpc) is 3.03. The summed E-state index contributed by atoms with van der Waals surface area (Å²) in [5, 5.41) is 17.6. The average molecular weight is 330 g/mol. The molecule has 0 fully saturated rings. The lowest BCUT2D eigenvalue weighted by Gasteiger charge is -2.06. The van der Waals surface area contributed by atoms with Gasteiger partial charge in [-0.2, -0.15) is 4.68 Å². The maximum absolute atomic E-state index is 6.26. The largest absolute Gasteiger partial charge is 0.382 e. The zero-order chi connectivity index (χ0) is 15.8. The Morgan fingerprint density at radius 3 is 2.65 bits per heavy atom. The van der Waals surface area contributed by atoms with Crippen molar-refractivity contribution in [1.82, 2.24) is 29.8 Å². The first-order valence-electron chi connectivity index (χ1n) is 7.63. The minimum absolute atomic E-state index is 0.451. The molecule has 8 heteroatoms. The second kappa shape index (κ2) is 5.66. The fraction of sp³-hybridized carbons (Fsp3) is 0.333. The summed E-state index contributed by atoms with van der Waals surface area (Å²) in [6, 6.07) is 7.28. The van der Waals surface area contributed by atoms with Gasteiger partial charge in [0.2, 0.25) is 0 Å². The van der Waals surface area contributed by atoms with E-state index in [0.29, 0.717) is 22.4 Å². The molecule has 118 valence electrons. The van der Waals surface area contributed by atoms with Gasteiger partial charge < -0.3 is 10.3 Å². The fourth-order valence-corrected chi connectivity index (χ4v) is 3.01. The van der Waals surface area contributed by atoms with Crippen molar-refractivity contribution in [3.63, 3.8) is 0 Å². The predicted octanol–water partition coefficient (Wildman–Crippen LogP) is 2.49. The van der Waals surface area contributed by atoms with Crippen molar-refractivity contribution in [2.75, 3.05) is 5.73 Å². The quantitative estimate of drug-likeness (QED) is 0.780. The van der Waals surface area contributed by atoms with Gasteiger partial charge in [-0.1, -0.05) is 23.2 Å². The maximum Gasteiger partial charge on any atom is 0.188 e. The van der Waals surface area contributed by atoms with E-state index in [1.54, 1.807) is 16.8 Å². The van der Waals surface area contributed by atoms with Crippen LogP contribution in [0, 0.1) is 0 Å². The molecule has 0 amide bonds. The van der Waals surface area contributed by atoms with Crippen molar-refractivity contribution in [1.29, 1.82) is 0 Å². The van der Waals surface area contributed by atoms with Crippen LogP contribution in [0.25, 0.3) is 17.2 Å². The number of hydrogen-bond donors (Lipinski definition) is 1. The number of anilines is 1. The molecule has 7 nitrogen and oxygen atoms in total. The molecule has 2 N–H and O–H groups in total. The Morgan fingerprint density at radius 1 is 1.00 bits per heavy atom. The Labute approximate surface area is 138 Å². The third kappa shape index (κ3) is 2.46. The number of rotatable bonds is 2. The molecule has 2 aromatic heterocycles. The van der Waals surface area contributed by atoms with Crippen LogP contribution in [0.2, 0.25) is 5.02 Å². The van der Waals surface area contributed by atoms with Crippen molar-refractivity contribution in [3.8, 4) is 17.2 Å². The molecule has 4 rings (SSSR count). The van der Waals surface area contributed by atoms with E-state index in [-0.39, 0.29) is 0 Å². The third-order valence-corrected chi connectivity index (χ3v) is 4.35. The molecule has 3 heterocycles. The van der Waals surface area contributed by atoms with Crippen LogP contribution < -0.4 is 5.73 Å². The van der Waals surface area contributed by atoms with Gasteiger partial charge in [0.15, 0.2) is 17.3 Å². The van der Waals surface area contributed by atoms with Gasteiger partial charge in [-0.05, 0) is 37.1 Å². The molecular formula is C15H16ClN7. The highest BCUT2D eigenvalue weighted by atomic mass is 35.5. The number of nitrogen functional groups attached to an aromatic ring is 1. The van der Waals surface area contributed by atoms with Crippen molar-refractivity contribution in [3.05, 3.63) is 35.1 Å². The van der Waals surface area contributed by atoms with E-state index in [4.69, 9.17) is 17.3 Å². The minimum atomic E-state index is 0.451. The van der Waals surface area contributed by atoms with E-state index in [1.807, 2.05) is 12.1 Å². The zero-order valence-corrected chi connectivity index (χ0v) is 13.2. The highest BCUT2D eigenvalue weighted by molar-refractivity contribution is 6.30. The maximum atomic E-state index is 6.26. The van der Waals surface area contributed by atoms with Crippen LogP contribution in [0.1, 0.15) is 25.1 Å². The minimum Gasteiger partial charge on any atom is -0.382 e. The second-order valence-electron chi connectivity index (χ2n) is 5.61. The summed E-state index contributed by atoms with van der Waals surface area (Å²) in [6.07, 6.45) is 4.41. The van der Waals surface area contributed by atoms with E-state index in [9.17, 15) is 0 Å². The molecule has 0 saturated carbocycles. The van der Waals surface area contributed by atoms with Crippen LogP contribution in [-0.4, -0.2) is 29.8 Å². The Kier molecular flexibility index (Phi) is 3.49. The first kappa shape index (κ1) is 14.2. The third-order valence-electron chi connectivity index (χ3n) is 4.10. The molecular weight excluding hydrogens is 314 g/mol. The van der Waals surface area contributed by atoms with Crippen molar-refractivity contribution in [2.24, 2.45) is 0 Å². The van der Waals surface area contributed by atoms with Crippen molar-refractivity contribution >= 4 is 17.4 Å². The van der Waals surface area contributed by atoms with Crippen LogP contribution in [0.4, 0.5) is 5.82 Å². The lowest BCUT2D eigenvalue weighted by Crippen LogP contribution is -2.05. The first-order chi connectivity index (χ1) is 11.2. The van der Waals surface area contributed by atoms with Crippen LogP contribution in [0.15, 0.2) is 24.3 Å². The van der Waals surface area contributed by atoms with Crippen LogP contribution in [0.3, 0.4) is 0 Å². The Morgan fingerprint density at radius 2 is 1.83 bits per heavy atom. The normalized spacial score (nSPS) is 14.5. The molecule has 0 radical (unpaired) electrons. The number of nitrogens with zero attached hydrogens (tertiary/aromatic N) is 6. The molecule has 23 heavy (non-hydrogen) atoms. The van der Waals surface area contributed by atoms with E-state index in [0.717, 1.165) is 37.3 Å². The summed E-state index contributed by atoms with van der Waals surface area (Å²) in [4.78, 5) is 0. The standard InChI is InChI=1S/C15H16ClN7/c16-10-5-7-11(8-6-10)23-14(17)13(19-21-23)15-20-18-12-4-2-1-3-9-22(12)15/h5-8H,1-4,9,17H2.